The van der Waals surface area contributed by atoms with E-state index in [1.165, 1.54) is 0 Å². The highest BCUT2D eigenvalue weighted by Gasteiger charge is 2.16. The minimum atomic E-state index is -0.892. The average molecular weight is 431 g/mol. The Kier molecular flexibility index (Phi) is 7.41. The van der Waals surface area contributed by atoms with Crippen LogP contribution in [-0.4, -0.2) is 35.9 Å². The smallest absolute Gasteiger partial charge is 0.325 e. The number of nitrogens with zero attached hydrogens (tertiary/aromatic N) is 1. The van der Waals surface area contributed by atoms with E-state index in [1.54, 1.807) is 12.1 Å². The molecule has 164 valence electrons. The maximum atomic E-state index is 13.7. The number of benzene rings is 2. The molecule has 0 aliphatic heterocycles. The van der Waals surface area contributed by atoms with Gasteiger partial charge >= 0.3 is 5.97 Å². The van der Waals surface area contributed by atoms with Crippen LogP contribution < -0.4 is 10.6 Å². The van der Waals surface area contributed by atoms with Gasteiger partial charge in [0.05, 0.1) is 10.6 Å². The number of anilines is 1. The molecule has 0 saturated carbocycles. The molecule has 0 aromatic heterocycles. The van der Waals surface area contributed by atoms with Gasteiger partial charge in [0, 0.05) is 17.7 Å². The molecule has 0 aliphatic carbocycles. The van der Waals surface area contributed by atoms with Crippen molar-refractivity contribution < 1.29 is 28.4 Å². The van der Waals surface area contributed by atoms with Gasteiger partial charge < -0.3 is 15.4 Å². The molecule has 2 aromatic rings. The minimum Gasteiger partial charge on any atom is -0.454 e. The van der Waals surface area contributed by atoms with E-state index in [0.29, 0.717) is 5.56 Å². The lowest BCUT2D eigenvalue weighted by molar-refractivity contribution is -0.384. The number of ether oxygens (including phenoxy) is 1. The van der Waals surface area contributed by atoms with Gasteiger partial charge in [0.2, 0.25) is 0 Å². The molecule has 0 spiro atoms. The Balaban J connectivity index is 1.81. The van der Waals surface area contributed by atoms with Crippen molar-refractivity contribution >= 4 is 29.2 Å². The highest BCUT2D eigenvalue weighted by atomic mass is 19.1. The number of hydrogen-bond donors (Lipinski definition) is 2. The van der Waals surface area contributed by atoms with Crippen molar-refractivity contribution in [3.05, 3.63) is 69.5 Å². The summed E-state index contributed by atoms with van der Waals surface area (Å²) in [5.41, 5.74) is 0.524. The monoisotopic (exact) mass is 431 g/mol. The number of nitrogens with one attached hydrogen (secondary N) is 2. The van der Waals surface area contributed by atoms with Gasteiger partial charge in [-0.2, -0.15) is 0 Å². The van der Waals surface area contributed by atoms with E-state index >= 15 is 0 Å². The zero-order valence-electron chi connectivity index (χ0n) is 17.2. The van der Waals surface area contributed by atoms with Crippen LogP contribution in [-0.2, 0) is 19.7 Å². The molecule has 2 aromatic carbocycles. The molecule has 0 atom stereocenters. The molecule has 0 saturated heterocycles. The molecule has 2 N–H and O–H groups in total. The number of non-ortho nitro benzene ring substituents is 1. The molecule has 0 unspecified atom stereocenters. The molecule has 10 heteroatoms. The third kappa shape index (κ3) is 6.88. The third-order valence-electron chi connectivity index (χ3n) is 4.21. The van der Waals surface area contributed by atoms with Crippen LogP contribution in [0.25, 0.3) is 0 Å². The van der Waals surface area contributed by atoms with Gasteiger partial charge in [-0.05, 0) is 29.2 Å². The molecular weight excluding hydrogens is 409 g/mol. The fourth-order valence-electron chi connectivity index (χ4n) is 2.48. The maximum absolute atomic E-state index is 13.7. The molecular formula is C21H22FN3O6. The summed E-state index contributed by atoms with van der Waals surface area (Å²) in [4.78, 5) is 45.7. The van der Waals surface area contributed by atoms with E-state index in [4.69, 9.17) is 4.74 Å². The Bertz CT molecular complexity index is 999. The zero-order valence-corrected chi connectivity index (χ0v) is 17.2. The first-order chi connectivity index (χ1) is 14.5. The predicted molar refractivity (Wildman–Crippen MR) is 110 cm³/mol. The lowest BCUT2D eigenvalue weighted by Gasteiger charge is -2.19. The van der Waals surface area contributed by atoms with Crippen molar-refractivity contribution in [3.63, 3.8) is 0 Å². The fraction of sp³-hybridized carbons (Fsp3) is 0.286. The summed E-state index contributed by atoms with van der Waals surface area (Å²) in [7, 11) is 0. The number of rotatable bonds is 7. The first-order valence-corrected chi connectivity index (χ1v) is 9.25. The lowest BCUT2D eigenvalue weighted by atomic mass is 9.87. The SMILES string of the molecule is CC(C)(C)c1ccc(C(=O)NCC(=O)OCC(=O)Nc2cc([N+](=O)[O-])ccc2F)cc1. The second-order valence-corrected chi connectivity index (χ2v) is 7.64. The third-order valence-corrected chi connectivity index (χ3v) is 4.21. The minimum absolute atomic E-state index is 0.0625. The van der Waals surface area contributed by atoms with Crippen molar-refractivity contribution in [2.45, 2.75) is 26.2 Å². The Labute approximate surface area is 177 Å². The number of carbonyl (C=O) groups is 3. The van der Waals surface area contributed by atoms with E-state index < -0.39 is 53.1 Å². The average Bonchev–Trinajstić information content (AvgIpc) is 2.71. The van der Waals surface area contributed by atoms with Gasteiger partial charge in [0.15, 0.2) is 6.61 Å². The summed E-state index contributed by atoms with van der Waals surface area (Å²) in [5.74, 6) is -3.14. The number of carbonyl (C=O) groups excluding carboxylic acids is 3. The molecule has 2 amide bonds. The van der Waals surface area contributed by atoms with Crippen molar-refractivity contribution in [2.24, 2.45) is 0 Å². The fourth-order valence-corrected chi connectivity index (χ4v) is 2.48. The molecule has 2 rings (SSSR count). The first kappa shape index (κ1) is 23.5. The Morgan fingerprint density at radius 1 is 1.10 bits per heavy atom. The van der Waals surface area contributed by atoms with Crippen LogP contribution in [0.4, 0.5) is 15.8 Å². The topological polar surface area (TPSA) is 128 Å². The molecule has 0 heterocycles. The summed E-state index contributed by atoms with van der Waals surface area (Å²) >= 11 is 0. The van der Waals surface area contributed by atoms with E-state index in [2.05, 4.69) is 10.6 Å². The van der Waals surface area contributed by atoms with Gasteiger partial charge in [-0.25, -0.2) is 4.39 Å². The summed E-state index contributed by atoms with van der Waals surface area (Å²) in [6.45, 7) is 4.90. The Morgan fingerprint density at radius 3 is 2.32 bits per heavy atom. The number of esters is 1. The molecule has 9 nitrogen and oxygen atoms in total. The van der Waals surface area contributed by atoms with Crippen LogP contribution in [0.5, 0.6) is 0 Å². The van der Waals surface area contributed by atoms with E-state index in [-0.39, 0.29) is 5.41 Å². The normalized spacial score (nSPS) is 10.8. The first-order valence-electron chi connectivity index (χ1n) is 9.25. The van der Waals surface area contributed by atoms with E-state index in [1.807, 2.05) is 32.9 Å². The van der Waals surface area contributed by atoms with Crippen LogP contribution in [0.3, 0.4) is 0 Å². The van der Waals surface area contributed by atoms with Crippen molar-refractivity contribution in [1.82, 2.24) is 5.32 Å². The zero-order chi connectivity index (χ0) is 23.2. The lowest BCUT2D eigenvalue weighted by Crippen LogP contribution is -2.32. The maximum Gasteiger partial charge on any atom is 0.325 e. The molecule has 31 heavy (non-hydrogen) atoms. The highest BCUT2D eigenvalue weighted by molar-refractivity contribution is 5.96. The van der Waals surface area contributed by atoms with E-state index in [0.717, 1.165) is 23.8 Å². The van der Waals surface area contributed by atoms with Crippen LogP contribution >= 0.6 is 0 Å². The van der Waals surface area contributed by atoms with Gasteiger partial charge in [-0.3, -0.25) is 24.5 Å². The van der Waals surface area contributed by atoms with Crippen LogP contribution in [0, 0.1) is 15.9 Å². The second kappa shape index (κ2) is 9.79. The van der Waals surface area contributed by atoms with Gasteiger partial charge in [0.25, 0.3) is 17.5 Å². The van der Waals surface area contributed by atoms with Crippen LogP contribution in [0.1, 0.15) is 36.7 Å². The second-order valence-electron chi connectivity index (χ2n) is 7.64. The quantitative estimate of drug-likeness (QED) is 0.394. The van der Waals surface area contributed by atoms with Gasteiger partial charge in [0.1, 0.15) is 12.4 Å². The number of hydrogen-bond acceptors (Lipinski definition) is 6. The predicted octanol–water partition coefficient (Wildman–Crippen LogP) is 2.94. The Hall–Kier alpha value is -3.82. The van der Waals surface area contributed by atoms with Crippen molar-refractivity contribution in [2.75, 3.05) is 18.5 Å². The highest BCUT2D eigenvalue weighted by Crippen LogP contribution is 2.22. The van der Waals surface area contributed by atoms with E-state index in [9.17, 15) is 28.9 Å². The van der Waals surface area contributed by atoms with Crippen molar-refractivity contribution in [1.29, 1.82) is 0 Å². The largest absolute Gasteiger partial charge is 0.454 e. The van der Waals surface area contributed by atoms with Crippen LogP contribution in [0.2, 0.25) is 0 Å². The standard InChI is InChI=1S/C21H22FN3O6/c1-21(2,3)14-6-4-13(5-7-14)20(28)23-11-19(27)31-12-18(26)24-17-10-15(25(29)30)8-9-16(17)22/h4-10H,11-12H2,1-3H3,(H,23,28)(H,24,26). The molecule has 0 fully saturated rings. The summed E-state index contributed by atoms with van der Waals surface area (Å²) in [6, 6.07) is 9.56. The molecule has 0 aliphatic rings. The van der Waals surface area contributed by atoms with Crippen LogP contribution in [0.15, 0.2) is 42.5 Å². The van der Waals surface area contributed by atoms with Gasteiger partial charge in [-0.1, -0.05) is 32.9 Å². The molecule has 0 radical (unpaired) electrons. The number of halogens is 1. The summed E-state index contributed by atoms with van der Waals surface area (Å²) in [6.07, 6.45) is 0. The van der Waals surface area contributed by atoms with Gasteiger partial charge in [-0.15, -0.1) is 0 Å². The number of nitro benzene ring substituents is 1. The summed E-state index contributed by atoms with van der Waals surface area (Å²) < 4.78 is 18.4. The van der Waals surface area contributed by atoms with Crippen molar-refractivity contribution in [3.8, 4) is 0 Å². The summed E-state index contributed by atoms with van der Waals surface area (Å²) in [5, 5.41) is 15.2. The molecule has 0 bridgehead atoms. The number of amides is 2. The number of nitro groups is 1. The Morgan fingerprint density at radius 2 is 1.74 bits per heavy atom.